The Kier molecular flexibility index (Phi) is 4.84. The summed E-state index contributed by atoms with van der Waals surface area (Å²) >= 11 is 2.39. The smallest absolute Gasteiger partial charge is 0.294 e. The molecule has 0 bridgehead atoms. The number of thioether (sulfide) groups is 1. The van der Waals surface area contributed by atoms with Crippen LogP contribution in [0.2, 0.25) is 0 Å². The number of hydrogen-bond acceptors (Lipinski definition) is 6. The lowest BCUT2D eigenvalue weighted by atomic mass is 10.3. The molecular formula is C15H17N3O3S2. The number of thiophene rings is 1. The molecule has 0 N–H and O–H groups in total. The Morgan fingerprint density at radius 3 is 2.65 bits per heavy atom. The summed E-state index contributed by atoms with van der Waals surface area (Å²) in [6.07, 6.45) is 1.70. The number of rotatable bonds is 3. The lowest BCUT2D eigenvalue weighted by molar-refractivity contribution is -0.137. The van der Waals surface area contributed by atoms with Crippen LogP contribution in [0, 0.1) is 0 Å². The number of piperazine rings is 1. The highest BCUT2D eigenvalue weighted by molar-refractivity contribution is 8.18. The lowest BCUT2D eigenvalue weighted by Crippen LogP contribution is -2.50. The molecule has 1 aromatic rings. The molecule has 2 aliphatic heterocycles. The molecule has 1 aromatic heterocycles. The van der Waals surface area contributed by atoms with Crippen LogP contribution in [0.5, 0.6) is 0 Å². The van der Waals surface area contributed by atoms with Gasteiger partial charge in [-0.15, -0.1) is 11.3 Å². The second kappa shape index (κ2) is 6.86. The van der Waals surface area contributed by atoms with Crippen LogP contribution in [0.4, 0.5) is 4.79 Å². The van der Waals surface area contributed by atoms with E-state index in [-0.39, 0.29) is 23.6 Å². The van der Waals surface area contributed by atoms with Crippen LogP contribution in [0.15, 0.2) is 22.4 Å². The van der Waals surface area contributed by atoms with Crippen molar-refractivity contribution in [3.63, 3.8) is 0 Å². The Morgan fingerprint density at radius 1 is 1.26 bits per heavy atom. The number of carbonyl (C=O) groups is 3. The highest BCUT2D eigenvalue weighted by atomic mass is 32.2. The first-order chi connectivity index (χ1) is 11.0. The molecular weight excluding hydrogens is 334 g/mol. The molecule has 0 radical (unpaired) electrons. The van der Waals surface area contributed by atoms with Gasteiger partial charge in [0.15, 0.2) is 0 Å². The second-order valence-electron chi connectivity index (χ2n) is 5.47. The van der Waals surface area contributed by atoms with Crippen LogP contribution in [0.1, 0.15) is 4.88 Å². The van der Waals surface area contributed by atoms with Gasteiger partial charge in [0.2, 0.25) is 5.91 Å². The summed E-state index contributed by atoms with van der Waals surface area (Å²) in [7, 11) is 2.01. The van der Waals surface area contributed by atoms with Crippen LogP contribution in [0.3, 0.4) is 0 Å². The van der Waals surface area contributed by atoms with Gasteiger partial charge in [-0.05, 0) is 36.3 Å². The molecule has 122 valence electrons. The van der Waals surface area contributed by atoms with E-state index in [9.17, 15) is 14.4 Å². The molecule has 3 rings (SSSR count). The molecule has 2 fully saturated rings. The van der Waals surface area contributed by atoms with Crippen LogP contribution in [-0.4, -0.2) is 71.5 Å². The minimum absolute atomic E-state index is 0.169. The maximum absolute atomic E-state index is 12.4. The van der Waals surface area contributed by atoms with Crippen LogP contribution >= 0.6 is 23.1 Å². The fraction of sp³-hybridized carbons (Fsp3) is 0.400. The predicted octanol–water partition coefficient (Wildman–Crippen LogP) is 1.56. The zero-order chi connectivity index (χ0) is 16.4. The van der Waals surface area contributed by atoms with E-state index in [1.807, 2.05) is 24.6 Å². The fourth-order valence-electron chi connectivity index (χ4n) is 2.43. The Hall–Kier alpha value is -1.64. The highest BCUT2D eigenvalue weighted by Gasteiger charge is 2.37. The van der Waals surface area contributed by atoms with Gasteiger partial charge in [0.05, 0.1) is 4.91 Å². The first-order valence-corrected chi connectivity index (χ1v) is 8.99. The Labute approximate surface area is 142 Å². The van der Waals surface area contributed by atoms with E-state index in [0.29, 0.717) is 18.0 Å². The number of likely N-dealkylation sites (N-methyl/N-ethyl adjacent to an activating group) is 1. The van der Waals surface area contributed by atoms with Crippen molar-refractivity contribution in [3.8, 4) is 0 Å². The third-order valence-corrected chi connectivity index (χ3v) is 5.57. The second-order valence-corrected chi connectivity index (χ2v) is 7.44. The van der Waals surface area contributed by atoms with Gasteiger partial charge in [0.1, 0.15) is 6.54 Å². The summed E-state index contributed by atoms with van der Waals surface area (Å²) in [5.74, 6) is -0.548. The molecule has 0 aromatic carbocycles. The van der Waals surface area contributed by atoms with E-state index in [1.165, 1.54) is 11.3 Å². The van der Waals surface area contributed by atoms with Crippen molar-refractivity contribution in [2.24, 2.45) is 0 Å². The third kappa shape index (κ3) is 3.65. The summed E-state index contributed by atoms with van der Waals surface area (Å²) in [5.41, 5.74) is 0. The Balaban J connectivity index is 1.65. The molecule has 0 aliphatic carbocycles. The van der Waals surface area contributed by atoms with Gasteiger partial charge in [-0.2, -0.15) is 0 Å². The molecule has 0 unspecified atom stereocenters. The van der Waals surface area contributed by atoms with Gasteiger partial charge in [0, 0.05) is 31.1 Å². The molecule has 23 heavy (non-hydrogen) atoms. The van der Waals surface area contributed by atoms with Gasteiger partial charge in [-0.3, -0.25) is 19.3 Å². The third-order valence-electron chi connectivity index (χ3n) is 3.84. The number of nitrogens with zero attached hydrogens (tertiary/aromatic N) is 3. The van der Waals surface area contributed by atoms with Crippen LogP contribution < -0.4 is 0 Å². The molecule has 0 saturated carbocycles. The zero-order valence-electron chi connectivity index (χ0n) is 12.7. The minimum Gasteiger partial charge on any atom is -0.339 e. The summed E-state index contributed by atoms with van der Waals surface area (Å²) in [5, 5.41) is 1.53. The number of carbonyl (C=O) groups excluding carboxylic acids is 3. The average Bonchev–Trinajstić information content (AvgIpc) is 3.12. The highest BCUT2D eigenvalue weighted by Crippen LogP contribution is 2.32. The molecule has 0 atom stereocenters. The van der Waals surface area contributed by atoms with Crippen molar-refractivity contribution in [2.75, 3.05) is 39.8 Å². The molecule has 3 amide bonds. The molecule has 8 heteroatoms. The molecule has 0 spiro atoms. The molecule has 2 saturated heterocycles. The summed E-state index contributed by atoms with van der Waals surface area (Å²) in [4.78, 5) is 42.9. The van der Waals surface area contributed by atoms with Gasteiger partial charge < -0.3 is 9.80 Å². The van der Waals surface area contributed by atoms with Crippen molar-refractivity contribution >= 4 is 46.2 Å². The van der Waals surface area contributed by atoms with E-state index in [0.717, 1.165) is 34.6 Å². The van der Waals surface area contributed by atoms with Gasteiger partial charge in [0.25, 0.3) is 11.1 Å². The normalized spacial score (nSPS) is 21.5. The Bertz CT molecular complexity index is 649. The van der Waals surface area contributed by atoms with Crippen LogP contribution in [0.25, 0.3) is 6.08 Å². The minimum atomic E-state index is -0.379. The molecule has 6 nitrogen and oxygen atoms in total. The number of imide groups is 1. The number of amides is 3. The average molecular weight is 351 g/mol. The predicted molar refractivity (Wildman–Crippen MR) is 91.1 cm³/mol. The van der Waals surface area contributed by atoms with Gasteiger partial charge in [-0.25, -0.2) is 0 Å². The largest absolute Gasteiger partial charge is 0.339 e. The fourth-order valence-corrected chi connectivity index (χ4v) is 3.99. The SMILES string of the molecule is CN1CCN(C(=O)CN2C(=O)S/C(=C/c3cccs3)C2=O)CC1. The van der Waals surface area contributed by atoms with E-state index >= 15 is 0 Å². The monoisotopic (exact) mass is 351 g/mol. The van der Waals surface area contributed by atoms with Crippen molar-refractivity contribution in [3.05, 3.63) is 27.3 Å². The lowest BCUT2D eigenvalue weighted by Gasteiger charge is -2.33. The summed E-state index contributed by atoms with van der Waals surface area (Å²) < 4.78 is 0. The standard InChI is InChI=1S/C15H17N3O3S2/c1-16-4-6-17(7-5-16)13(19)10-18-14(20)12(23-15(18)21)9-11-3-2-8-22-11/h2-3,8-9H,4-7,10H2,1H3/b12-9+. The first kappa shape index (κ1) is 16.2. The van der Waals surface area contributed by atoms with Crippen molar-refractivity contribution in [1.82, 2.24) is 14.7 Å². The maximum Gasteiger partial charge on any atom is 0.294 e. The van der Waals surface area contributed by atoms with Crippen molar-refractivity contribution in [1.29, 1.82) is 0 Å². The maximum atomic E-state index is 12.4. The van der Waals surface area contributed by atoms with Gasteiger partial charge >= 0.3 is 0 Å². The summed E-state index contributed by atoms with van der Waals surface area (Å²) in [6, 6.07) is 3.77. The molecule has 3 heterocycles. The van der Waals surface area contributed by atoms with Crippen LogP contribution in [-0.2, 0) is 9.59 Å². The van der Waals surface area contributed by atoms with E-state index < -0.39 is 0 Å². The van der Waals surface area contributed by atoms with Crippen molar-refractivity contribution in [2.45, 2.75) is 0 Å². The topological polar surface area (TPSA) is 60.9 Å². The van der Waals surface area contributed by atoms with E-state index in [4.69, 9.17) is 0 Å². The molecule has 2 aliphatic rings. The zero-order valence-corrected chi connectivity index (χ0v) is 14.4. The number of hydrogen-bond donors (Lipinski definition) is 0. The van der Waals surface area contributed by atoms with E-state index in [1.54, 1.807) is 11.0 Å². The van der Waals surface area contributed by atoms with E-state index in [2.05, 4.69) is 4.90 Å². The van der Waals surface area contributed by atoms with Crippen molar-refractivity contribution < 1.29 is 14.4 Å². The Morgan fingerprint density at radius 2 is 2.00 bits per heavy atom. The first-order valence-electron chi connectivity index (χ1n) is 7.30. The van der Waals surface area contributed by atoms with Gasteiger partial charge in [-0.1, -0.05) is 6.07 Å². The summed E-state index contributed by atoms with van der Waals surface area (Å²) in [6.45, 7) is 2.72. The quantitative estimate of drug-likeness (QED) is 0.774.